The molecular formula is C21H21ClN2O3S. The first-order valence-electron chi connectivity index (χ1n) is 9.12. The van der Waals surface area contributed by atoms with Crippen LogP contribution in [0.4, 0.5) is 0 Å². The molecule has 2 aromatic carbocycles. The minimum atomic E-state index is -3.64. The number of furan rings is 1. The highest BCUT2D eigenvalue weighted by Crippen LogP contribution is 2.28. The molecule has 4 rings (SSSR count). The second kappa shape index (κ2) is 8.09. The van der Waals surface area contributed by atoms with Gasteiger partial charge in [0.2, 0.25) is 10.0 Å². The van der Waals surface area contributed by atoms with Crippen LogP contribution in [0.5, 0.6) is 0 Å². The SMILES string of the molecule is O=S(=O)(NC[C@@H](c1ccco1)N1CCc2ccccc2C1)c1ccc(Cl)cc1. The first-order valence-corrected chi connectivity index (χ1v) is 11.0. The van der Waals surface area contributed by atoms with Gasteiger partial charge in [-0.25, -0.2) is 13.1 Å². The second-order valence-electron chi connectivity index (χ2n) is 6.83. The van der Waals surface area contributed by atoms with Crippen LogP contribution in [-0.2, 0) is 23.0 Å². The molecule has 0 aliphatic carbocycles. The zero-order valence-corrected chi connectivity index (χ0v) is 16.8. The van der Waals surface area contributed by atoms with E-state index in [0.29, 0.717) is 5.02 Å². The summed E-state index contributed by atoms with van der Waals surface area (Å²) in [6.07, 6.45) is 2.55. The molecule has 28 heavy (non-hydrogen) atoms. The van der Waals surface area contributed by atoms with Crippen molar-refractivity contribution in [3.05, 3.63) is 88.8 Å². The summed E-state index contributed by atoms with van der Waals surface area (Å²) >= 11 is 5.87. The monoisotopic (exact) mass is 416 g/mol. The Hall–Kier alpha value is -2.12. The van der Waals surface area contributed by atoms with Gasteiger partial charge < -0.3 is 4.42 Å². The quantitative estimate of drug-likeness (QED) is 0.659. The highest BCUT2D eigenvalue weighted by Gasteiger charge is 2.28. The lowest BCUT2D eigenvalue weighted by atomic mass is 9.98. The number of benzene rings is 2. The van der Waals surface area contributed by atoms with Gasteiger partial charge in [-0.05, 0) is 53.9 Å². The Bertz CT molecular complexity index is 1030. The third-order valence-electron chi connectivity index (χ3n) is 5.06. The third kappa shape index (κ3) is 4.15. The number of nitrogens with zero attached hydrogens (tertiary/aromatic N) is 1. The van der Waals surface area contributed by atoms with Crippen molar-refractivity contribution in [3.8, 4) is 0 Å². The number of hydrogen-bond acceptors (Lipinski definition) is 4. The van der Waals surface area contributed by atoms with E-state index in [0.717, 1.165) is 25.3 Å². The van der Waals surface area contributed by atoms with Crippen LogP contribution < -0.4 is 4.72 Å². The summed E-state index contributed by atoms with van der Waals surface area (Å²) < 4.78 is 33.8. The lowest BCUT2D eigenvalue weighted by molar-refractivity contribution is 0.160. The van der Waals surface area contributed by atoms with Crippen molar-refractivity contribution in [2.24, 2.45) is 0 Å². The molecule has 1 aliphatic heterocycles. The molecule has 0 bridgehead atoms. The fourth-order valence-electron chi connectivity index (χ4n) is 3.56. The molecule has 0 amide bonds. The fourth-order valence-corrected chi connectivity index (χ4v) is 4.72. The van der Waals surface area contributed by atoms with Gasteiger partial charge in [0.05, 0.1) is 17.2 Å². The highest BCUT2D eigenvalue weighted by atomic mass is 35.5. The third-order valence-corrected chi connectivity index (χ3v) is 6.75. The number of sulfonamides is 1. The molecule has 1 atom stereocenters. The number of nitrogens with one attached hydrogen (secondary N) is 1. The van der Waals surface area contributed by atoms with Gasteiger partial charge >= 0.3 is 0 Å². The predicted octanol–water partition coefficient (Wildman–Crippen LogP) is 4.01. The van der Waals surface area contributed by atoms with E-state index in [1.807, 2.05) is 18.2 Å². The van der Waals surface area contributed by atoms with Crippen LogP contribution in [0.1, 0.15) is 22.9 Å². The van der Waals surface area contributed by atoms with Gasteiger partial charge in [0.1, 0.15) is 5.76 Å². The average molecular weight is 417 g/mol. The zero-order chi connectivity index (χ0) is 19.6. The molecule has 0 unspecified atom stereocenters. The number of halogens is 1. The molecular weight excluding hydrogens is 396 g/mol. The normalized spacial score (nSPS) is 15.9. The molecule has 1 aromatic heterocycles. The Kier molecular flexibility index (Phi) is 5.55. The Morgan fingerprint density at radius 1 is 1.04 bits per heavy atom. The van der Waals surface area contributed by atoms with Crippen LogP contribution in [0.25, 0.3) is 0 Å². The molecule has 5 nitrogen and oxygen atoms in total. The maximum atomic E-state index is 12.7. The number of fused-ring (bicyclic) bond motifs is 1. The molecule has 7 heteroatoms. The van der Waals surface area contributed by atoms with Crippen LogP contribution in [-0.4, -0.2) is 26.4 Å². The summed E-state index contributed by atoms with van der Waals surface area (Å²) in [6, 6.07) is 18.0. The Balaban J connectivity index is 1.54. The Morgan fingerprint density at radius 2 is 1.79 bits per heavy atom. The van der Waals surface area contributed by atoms with Gasteiger partial charge in [-0.3, -0.25) is 4.90 Å². The Morgan fingerprint density at radius 3 is 2.50 bits per heavy atom. The van der Waals surface area contributed by atoms with Crippen LogP contribution in [0, 0.1) is 0 Å². The minimum Gasteiger partial charge on any atom is -0.468 e. The van der Waals surface area contributed by atoms with Gasteiger partial charge in [-0.1, -0.05) is 35.9 Å². The van der Waals surface area contributed by atoms with Crippen molar-refractivity contribution >= 4 is 21.6 Å². The largest absolute Gasteiger partial charge is 0.468 e. The fraction of sp³-hybridized carbons (Fsp3) is 0.238. The lowest BCUT2D eigenvalue weighted by Crippen LogP contribution is -2.40. The molecule has 0 saturated carbocycles. The van der Waals surface area contributed by atoms with Crippen molar-refractivity contribution in [3.63, 3.8) is 0 Å². The van der Waals surface area contributed by atoms with Crippen LogP contribution in [0.3, 0.4) is 0 Å². The van der Waals surface area contributed by atoms with Crippen LogP contribution in [0.15, 0.2) is 76.2 Å². The molecule has 0 saturated heterocycles. The van der Waals surface area contributed by atoms with E-state index in [9.17, 15) is 8.42 Å². The van der Waals surface area contributed by atoms with Crippen molar-refractivity contribution in [2.45, 2.75) is 23.9 Å². The number of rotatable bonds is 6. The first kappa shape index (κ1) is 19.2. The molecule has 0 spiro atoms. The summed E-state index contributed by atoms with van der Waals surface area (Å²) in [5, 5.41) is 0.499. The predicted molar refractivity (Wildman–Crippen MR) is 109 cm³/mol. The highest BCUT2D eigenvalue weighted by molar-refractivity contribution is 7.89. The van der Waals surface area contributed by atoms with Crippen molar-refractivity contribution in [2.75, 3.05) is 13.1 Å². The number of hydrogen-bond donors (Lipinski definition) is 1. The first-order chi connectivity index (χ1) is 13.5. The zero-order valence-electron chi connectivity index (χ0n) is 15.2. The molecule has 146 valence electrons. The van der Waals surface area contributed by atoms with E-state index >= 15 is 0 Å². The average Bonchev–Trinajstić information content (AvgIpc) is 3.23. The molecule has 0 radical (unpaired) electrons. The maximum absolute atomic E-state index is 12.7. The topological polar surface area (TPSA) is 62.6 Å². The smallest absolute Gasteiger partial charge is 0.240 e. The van der Waals surface area contributed by atoms with E-state index in [1.165, 1.54) is 23.3 Å². The molecule has 1 N–H and O–H groups in total. The molecule has 3 aromatic rings. The van der Waals surface area contributed by atoms with E-state index in [1.54, 1.807) is 18.4 Å². The van der Waals surface area contributed by atoms with Crippen LogP contribution in [0.2, 0.25) is 5.02 Å². The van der Waals surface area contributed by atoms with Gasteiger partial charge in [-0.2, -0.15) is 0 Å². The van der Waals surface area contributed by atoms with E-state index in [4.69, 9.17) is 16.0 Å². The maximum Gasteiger partial charge on any atom is 0.240 e. The summed E-state index contributed by atoms with van der Waals surface area (Å²) in [5.41, 5.74) is 2.62. The van der Waals surface area contributed by atoms with E-state index in [-0.39, 0.29) is 17.5 Å². The lowest BCUT2D eigenvalue weighted by Gasteiger charge is -2.34. The summed E-state index contributed by atoms with van der Waals surface area (Å²) in [5.74, 6) is 0.748. The van der Waals surface area contributed by atoms with Gasteiger partial charge in [0.15, 0.2) is 0 Å². The van der Waals surface area contributed by atoms with Crippen molar-refractivity contribution < 1.29 is 12.8 Å². The van der Waals surface area contributed by atoms with E-state index in [2.05, 4.69) is 27.8 Å². The van der Waals surface area contributed by atoms with Gasteiger partial charge in [-0.15, -0.1) is 0 Å². The minimum absolute atomic E-state index is 0.189. The van der Waals surface area contributed by atoms with Crippen LogP contribution >= 0.6 is 11.6 Å². The molecule has 2 heterocycles. The summed E-state index contributed by atoms with van der Waals surface area (Å²) in [4.78, 5) is 2.45. The second-order valence-corrected chi connectivity index (χ2v) is 9.03. The van der Waals surface area contributed by atoms with E-state index < -0.39 is 10.0 Å². The molecule has 1 aliphatic rings. The van der Waals surface area contributed by atoms with Gasteiger partial charge in [0.25, 0.3) is 0 Å². The summed E-state index contributed by atoms with van der Waals surface area (Å²) in [6.45, 7) is 1.82. The van der Waals surface area contributed by atoms with Gasteiger partial charge in [0, 0.05) is 24.7 Å². The van der Waals surface area contributed by atoms with Crippen molar-refractivity contribution in [1.29, 1.82) is 0 Å². The standard InChI is InChI=1S/C21H21ClN2O3S/c22-18-7-9-19(10-8-18)28(25,26)23-14-20(21-6-3-13-27-21)24-12-11-16-4-1-2-5-17(16)15-24/h1-10,13,20,23H,11-12,14-15H2/t20-/m0/s1. The molecule has 0 fully saturated rings. The summed E-state index contributed by atoms with van der Waals surface area (Å²) in [7, 11) is -3.64. The van der Waals surface area contributed by atoms with Crippen molar-refractivity contribution in [1.82, 2.24) is 9.62 Å². The Labute approximate surface area is 170 Å².